The number of aromatic nitrogens is 2. The average Bonchev–Trinajstić information content (AvgIpc) is 3.69. The zero-order valence-electron chi connectivity index (χ0n) is 29.4. The Morgan fingerprint density at radius 2 is 0.800 bits per heavy atom. The Hall–Kier alpha value is -6.86. The number of halogens is 4. The summed E-state index contributed by atoms with van der Waals surface area (Å²) in [6.45, 7) is 0.336. The van der Waals surface area contributed by atoms with Gasteiger partial charge in [-0.15, -0.1) is 0 Å². The first-order valence-electron chi connectivity index (χ1n) is 18.1. The number of fused-ring (bicyclic) bond motifs is 7. The maximum atomic E-state index is 15.0. The zero-order chi connectivity index (χ0) is 37.2. The molecule has 0 aliphatic heterocycles. The molecule has 3 nitrogen and oxygen atoms in total. The van der Waals surface area contributed by atoms with Gasteiger partial charge in [0.25, 0.3) is 0 Å². The van der Waals surface area contributed by atoms with Crippen molar-refractivity contribution < 1.29 is 17.6 Å². The van der Waals surface area contributed by atoms with Crippen molar-refractivity contribution in [1.29, 1.82) is 0 Å². The van der Waals surface area contributed by atoms with E-state index in [0.29, 0.717) is 0 Å². The van der Waals surface area contributed by atoms with E-state index < -0.39 is 23.3 Å². The third-order valence-corrected chi connectivity index (χ3v) is 10.7. The van der Waals surface area contributed by atoms with Crippen molar-refractivity contribution in [3.8, 4) is 0 Å². The maximum absolute atomic E-state index is 15.0. The van der Waals surface area contributed by atoms with Crippen molar-refractivity contribution in [2.45, 2.75) is 13.1 Å². The average molecular weight is 726 g/mol. The van der Waals surface area contributed by atoms with E-state index in [0.717, 1.165) is 83.6 Å². The van der Waals surface area contributed by atoms with Gasteiger partial charge in [-0.25, -0.2) is 17.6 Å². The lowest BCUT2D eigenvalue weighted by molar-refractivity contribution is 0.580. The summed E-state index contributed by atoms with van der Waals surface area (Å²) < 4.78 is 62.5. The molecular weight excluding hydrogens is 695 g/mol. The number of hydrogen-bond donors (Lipinski definition) is 0. The van der Waals surface area contributed by atoms with Crippen LogP contribution in [0.2, 0.25) is 0 Å². The monoisotopic (exact) mass is 725 g/mol. The lowest BCUT2D eigenvalue weighted by atomic mass is 10.1. The summed E-state index contributed by atoms with van der Waals surface area (Å²) in [6.07, 6.45) is 0. The second kappa shape index (κ2) is 12.9. The van der Waals surface area contributed by atoms with Gasteiger partial charge in [0.1, 0.15) is 23.3 Å². The molecule has 8 aromatic carbocycles. The first-order valence-corrected chi connectivity index (χ1v) is 18.1. The molecule has 2 aromatic heterocycles. The Morgan fingerprint density at radius 3 is 1.35 bits per heavy atom. The predicted octanol–water partition coefficient (Wildman–Crippen LogP) is 13.2. The van der Waals surface area contributed by atoms with Gasteiger partial charge in [0, 0.05) is 71.8 Å². The Kier molecular flexibility index (Phi) is 7.70. The second-order valence-corrected chi connectivity index (χ2v) is 13.9. The van der Waals surface area contributed by atoms with Gasteiger partial charge in [0.15, 0.2) is 0 Å². The van der Waals surface area contributed by atoms with Crippen LogP contribution in [0.4, 0.5) is 34.6 Å². The smallest absolute Gasteiger partial charge is 0.128 e. The fourth-order valence-electron chi connectivity index (χ4n) is 8.13. The summed E-state index contributed by atoms with van der Waals surface area (Å²) in [4.78, 5) is 2.22. The molecule has 0 aliphatic rings. The Morgan fingerprint density at radius 1 is 0.364 bits per heavy atom. The standard InChI is InChI=1S/C48H31F4N3/c49-34-14-19-43(51)32(23-34)28-53-45-11-5-3-9-39(45)41-26-37(17-21-47(41)53)55(36-16-13-30-7-1-2-8-31(30)25-36)38-18-22-48-42(27-38)40-10-4-6-12-46(40)54(48)29-33-24-35(50)15-20-44(33)52/h1-27H,28-29H2. The minimum Gasteiger partial charge on any atom is -0.336 e. The highest BCUT2D eigenvalue weighted by molar-refractivity contribution is 6.11. The van der Waals surface area contributed by atoms with Gasteiger partial charge >= 0.3 is 0 Å². The summed E-state index contributed by atoms with van der Waals surface area (Å²) in [5, 5.41) is 6.17. The summed E-state index contributed by atoms with van der Waals surface area (Å²) in [6, 6.07) is 50.3. The molecule has 0 fully saturated rings. The normalized spacial score (nSPS) is 11.8. The van der Waals surface area contributed by atoms with Crippen LogP contribution in [0.15, 0.2) is 164 Å². The molecule has 0 aliphatic carbocycles. The van der Waals surface area contributed by atoms with Crippen molar-refractivity contribution in [2.75, 3.05) is 4.90 Å². The van der Waals surface area contributed by atoms with Gasteiger partial charge in [0.05, 0.1) is 13.1 Å². The van der Waals surface area contributed by atoms with Gasteiger partial charge in [-0.05, 0) is 108 Å². The van der Waals surface area contributed by atoms with Gasteiger partial charge in [0.2, 0.25) is 0 Å². The van der Waals surface area contributed by atoms with Gasteiger partial charge < -0.3 is 14.0 Å². The lowest BCUT2D eigenvalue weighted by Crippen LogP contribution is -2.10. The fraction of sp³-hybridized carbons (Fsp3) is 0.0417. The van der Waals surface area contributed by atoms with E-state index in [2.05, 4.69) is 71.6 Å². The number of hydrogen-bond acceptors (Lipinski definition) is 1. The number of rotatable bonds is 7. The summed E-state index contributed by atoms with van der Waals surface area (Å²) in [5.41, 5.74) is 6.95. The third kappa shape index (κ3) is 5.59. The van der Waals surface area contributed by atoms with Crippen LogP contribution in [0.1, 0.15) is 11.1 Å². The van der Waals surface area contributed by atoms with Crippen molar-refractivity contribution in [3.05, 3.63) is 198 Å². The molecule has 0 unspecified atom stereocenters. The van der Waals surface area contributed by atoms with E-state index >= 15 is 0 Å². The molecule has 0 spiro atoms. The van der Waals surface area contributed by atoms with Crippen LogP contribution in [0.3, 0.4) is 0 Å². The van der Waals surface area contributed by atoms with E-state index in [4.69, 9.17) is 0 Å². The molecule has 266 valence electrons. The predicted molar refractivity (Wildman–Crippen MR) is 216 cm³/mol. The summed E-state index contributed by atoms with van der Waals surface area (Å²) in [7, 11) is 0. The SMILES string of the molecule is Fc1ccc(F)c(Cn2c3ccccc3c3cc(N(c4ccc5ccccc5c4)c4ccc5c(c4)c4ccccc4n5Cc4cc(F)ccc4F)ccc32)c1. The molecule has 0 radical (unpaired) electrons. The fourth-order valence-corrected chi connectivity index (χ4v) is 8.13. The van der Waals surface area contributed by atoms with Crippen molar-refractivity contribution >= 4 is 71.4 Å². The first kappa shape index (κ1) is 32.8. The second-order valence-electron chi connectivity index (χ2n) is 13.9. The van der Waals surface area contributed by atoms with Crippen LogP contribution in [0, 0.1) is 23.3 Å². The Balaban J connectivity index is 1.17. The van der Waals surface area contributed by atoms with Crippen LogP contribution in [0.25, 0.3) is 54.4 Å². The highest BCUT2D eigenvalue weighted by atomic mass is 19.1. The zero-order valence-corrected chi connectivity index (χ0v) is 29.4. The highest BCUT2D eigenvalue weighted by Gasteiger charge is 2.20. The lowest BCUT2D eigenvalue weighted by Gasteiger charge is -2.26. The minimum absolute atomic E-state index is 0.168. The number of anilines is 3. The molecule has 0 saturated carbocycles. The summed E-state index contributed by atoms with van der Waals surface area (Å²) >= 11 is 0. The van der Waals surface area contributed by atoms with Gasteiger partial charge in [-0.3, -0.25) is 0 Å². The number of nitrogens with zero attached hydrogens (tertiary/aromatic N) is 3. The topological polar surface area (TPSA) is 13.1 Å². The molecule has 7 heteroatoms. The van der Waals surface area contributed by atoms with Crippen molar-refractivity contribution in [2.24, 2.45) is 0 Å². The Bertz CT molecular complexity index is 2950. The largest absolute Gasteiger partial charge is 0.336 e. The molecule has 10 rings (SSSR count). The molecule has 55 heavy (non-hydrogen) atoms. The van der Waals surface area contributed by atoms with Crippen LogP contribution < -0.4 is 4.90 Å². The van der Waals surface area contributed by atoms with Gasteiger partial charge in [-0.2, -0.15) is 0 Å². The van der Waals surface area contributed by atoms with E-state index in [1.807, 2.05) is 69.8 Å². The molecule has 0 amide bonds. The van der Waals surface area contributed by atoms with E-state index in [9.17, 15) is 17.6 Å². The maximum Gasteiger partial charge on any atom is 0.128 e. The number of para-hydroxylation sites is 2. The quantitative estimate of drug-likeness (QED) is 0.149. The summed E-state index contributed by atoms with van der Waals surface area (Å²) in [5.74, 6) is -1.87. The highest BCUT2D eigenvalue weighted by Crippen LogP contribution is 2.42. The Labute approximate surface area is 313 Å². The van der Waals surface area contributed by atoms with Crippen LogP contribution in [-0.4, -0.2) is 9.13 Å². The molecule has 0 saturated heterocycles. The molecule has 0 N–H and O–H groups in total. The van der Waals surface area contributed by atoms with Crippen LogP contribution >= 0.6 is 0 Å². The molecule has 0 atom stereocenters. The molecule has 10 aromatic rings. The first-order chi connectivity index (χ1) is 26.9. The molecular formula is C48H31F4N3. The van der Waals surface area contributed by atoms with E-state index in [-0.39, 0.29) is 24.2 Å². The molecule has 2 heterocycles. The van der Waals surface area contributed by atoms with Crippen LogP contribution in [0.5, 0.6) is 0 Å². The van der Waals surface area contributed by atoms with Crippen molar-refractivity contribution in [1.82, 2.24) is 9.13 Å². The molecule has 0 bridgehead atoms. The third-order valence-electron chi connectivity index (χ3n) is 10.7. The van der Waals surface area contributed by atoms with E-state index in [1.165, 1.54) is 24.3 Å². The van der Waals surface area contributed by atoms with Gasteiger partial charge in [-0.1, -0.05) is 66.7 Å². The van der Waals surface area contributed by atoms with Crippen molar-refractivity contribution in [3.63, 3.8) is 0 Å². The minimum atomic E-state index is -0.480. The van der Waals surface area contributed by atoms with Crippen LogP contribution in [-0.2, 0) is 13.1 Å². The number of benzene rings is 8. The van der Waals surface area contributed by atoms with E-state index in [1.54, 1.807) is 0 Å².